The summed E-state index contributed by atoms with van der Waals surface area (Å²) in [7, 11) is 3.15. The number of non-ortho nitro benzene ring substituents is 1. The third-order valence-electron chi connectivity index (χ3n) is 2.76. The Balaban J connectivity index is 2.26. The Labute approximate surface area is 116 Å². The smallest absolute Gasteiger partial charge is 0.269 e. The predicted octanol–water partition coefficient (Wildman–Crippen LogP) is 3.36. The Morgan fingerprint density at radius 3 is 2.30 bits per heavy atom. The number of nitrogens with zero attached hydrogens (tertiary/aromatic N) is 1. The molecule has 0 unspecified atom stereocenters. The second-order valence-electron chi connectivity index (χ2n) is 4.00. The van der Waals surface area contributed by atoms with Crippen molar-refractivity contribution in [2.24, 2.45) is 0 Å². The van der Waals surface area contributed by atoms with Crippen molar-refractivity contribution in [1.29, 1.82) is 0 Å². The van der Waals surface area contributed by atoms with E-state index in [2.05, 4.69) is 5.32 Å². The first-order chi connectivity index (χ1) is 9.63. The van der Waals surface area contributed by atoms with Gasteiger partial charge in [0.05, 0.1) is 24.8 Å². The molecule has 0 aliphatic heterocycles. The van der Waals surface area contributed by atoms with Gasteiger partial charge < -0.3 is 14.8 Å². The van der Waals surface area contributed by atoms with Crippen LogP contribution in [-0.2, 0) is 0 Å². The number of hydrogen-bond acceptors (Lipinski definition) is 5. The molecule has 0 aromatic heterocycles. The topological polar surface area (TPSA) is 73.6 Å². The number of rotatable bonds is 5. The van der Waals surface area contributed by atoms with Crippen LogP contribution in [0.25, 0.3) is 0 Å². The lowest BCUT2D eigenvalue weighted by atomic mass is 10.2. The standard InChI is InChI=1S/C14H14N2O4/c1-19-12-7-8-14(20-2)13(9-12)15-10-3-5-11(6-4-10)16(17)18/h3-9,15H,1-2H3. The van der Waals surface area contributed by atoms with E-state index in [1.165, 1.54) is 12.1 Å². The van der Waals surface area contributed by atoms with Gasteiger partial charge in [-0.05, 0) is 24.3 Å². The SMILES string of the molecule is COc1ccc(OC)c(Nc2ccc([N+](=O)[O-])cc2)c1. The van der Waals surface area contributed by atoms with Crippen molar-refractivity contribution in [2.75, 3.05) is 19.5 Å². The van der Waals surface area contributed by atoms with Crippen molar-refractivity contribution in [3.8, 4) is 11.5 Å². The van der Waals surface area contributed by atoms with Crippen molar-refractivity contribution >= 4 is 17.1 Å². The van der Waals surface area contributed by atoms with Crippen LogP contribution < -0.4 is 14.8 Å². The minimum atomic E-state index is -0.435. The fourth-order valence-electron chi connectivity index (χ4n) is 1.73. The number of hydrogen-bond donors (Lipinski definition) is 1. The minimum absolute atomic E-state index is 0.0492. The van der Waals surface area contributed by atoms with E-state index in [-0.39, 0.29) is 5.69 Å². The zero-order valence-electron chi connectivity index (χ0n) is 11.1. The Hall–Kier alpha value is -2.76. The van der Waals surface area contributed by atoms with E-state index in [9.17, 15) is 10.1 Å². The van der Waals surface area contributed by atoms with Crippen molar-refractivity contribution < 1.29 is 14.4 Å². The first kappa shape index (κ1) is 13.7. The average Bonchev–Trinajstić information content (AvgIpc) is 2.47. The van der Waals surface area contributed by atoms with Crippen LogP contribution in [0.2, 0.25) is 0 Å². The highest BCUT2D eigenvalue weighted by Crippen LogP contribution is 2.31. The summed E-state index contributed by atoms with van der Waals surface area (Å²) >= 11 is 0. The number of ether oxygens (including phenoxy) is 2. The third-order valence-corrected chi connectivity index (χ3v) is 2.76. The van der Waals surface area contributed by atoms with Crippen molar-refractivity contribution in [2.45, 2.75) is 0 Å². The molecule has 0 aliphatic carbocycles. The number of nitrogens with one attached hydrogen (secondary N) is 1. The second-order valence-corrected chi connectivity index (χ2v) is 4.00. The summed E-state index contributed by atoms with van der Waals surface area (Å²) in [6.07, 6.45) is 0. The molecule has 2 aromatic rings. The van der Waals surface area contributed by atoms with Gasteiger partial charge in [-0.2, -0.15) is 0 Å². The molecule has 0 radical (unpaired) electrons. The average molecular weight is 274 g/mol. The van der Waals surface area contributed by atoms with Crippen molar-refractivity contribution in [3.63, 3.8) is 0 Å². The van der Waals surface area contributed by atoms with E-state index in [0.717, 1.165) is 11.4 Å². The van der Waals surface area contributed by atoms with Crippen LogP contribution in [0.3, 0.4) is 0 Å². The van der Waals surface area contributed by atoms with Gasteiger partial charge >= 0.3 is 0 Å². The molecule has 0 fully saturated rings. The largest absolute Gasteiger partial charge is 0.497 e. The number of anilines is 2. The summed E-state index contributed by atoms with van der Waals surface area (Å²) < 4.78 is 10.4. The van der Waals surface area contributed by atoms with Gasteiger partial charge in [0.25, 0.3) is 5.69 Å². The lowest BCUT2D eigenvalue weighted by molar-refractivity contribution is -0.384. The fraction of sp³-hybridized carbons (Fsp3) is 0.143. The third kappa shape index (κ3) is 2.97. The summed E-state index contributed by atoms with van der Waals surface area (Å²) in [6, 6.07) is 11.5. The molecule has 20 heavy (non-hydrogen) atoms. The molecular weight excluding hydrogens is 260 g/mol. The molecule has 0 saturated carbocycles. The molecule has 6 nitrogen and oxygen atoms in total. The van der Waals surface area contributed by atoms with Crippen LogP contribution in [0, 0.1) is 10.1 Å². The summed E-state index contributed by atoms with van der Waals surface area (Å²) in [5.74, 6) is 1.35. The number of nitro benzene ring substituents is 1. The van der Waals surface area contributed by atoms with Gasteiger partial charge in [0.1, 0.15) is 11.5 Å². The van der Waals surface area contributed by atoms with E-state index in [4.69, 9.17) is 9.47 Å². The van der Waals surface area contributed by atoms with Gasteiger partial charge in [-0.25, -0.2) is 0 Å². The van der Waals surface area contributed by atoms with Crippen LogP contribution in [0.1, 0.15) is 0 Å². The molecule has 0 amide bonds. The Bertz CT molecular complexity index is 611. The molecular formula is C14H14N2O4. The minimum Gasteiger partial charge on any atom is -0.497 e. The number of benzene rings is 2. The Kier molecular flexibility index (Phi) is 4.05. The van der Waals surface area contributed by atoms with E-state index >= 15 is 0 Å². The van der Waals surface area contributed by atoms with Crippen molar-refractivity contribution in [3.05, 3.63) is 52.6 Å². The van der Waals surface area contributed by atoms with Crippen LogP contribution >= 0.6 is 0 Å². The normalized spacial score (nSPS) is 9.90. The van der Waals surface area contributed by atoms with Gasteiger partial charge in [-0.15, -0.1) is 0 Å². The maximum absolute atomic E-state index is 10.6. The Morgan fingerprint density at radius 1 is 1.05 bits per heavy atom. The number of nitro groups is 1. The first-order valence-corrected chi connectivity index (χ1v) is 5.87. The molecule has 0 heterocycles. The highest BCUT2D eigenvalue weighted by atomic mass is 16.6. The maximum Gasteiger partial charge on any atom is 0.269 e. The monoisotopic (exact) mass is 274 g/mol. The lowest BCUT2D eigenvalue weighted by Gasteiger charge is -2.12. The van der Waals surface area contributed by atoms with E-state index in [1.54, 1.807) is 44.6 Å². The van der Waals surface area contributed by atoms with Gasteiger partial charge in [0.15, 0.2) is 0 Å². The molecule has 0 bridgehead atoms. The van der Waals surface area contributed by atoms with Crippen LogP contribution in [0.15, 0.2) is 42.5 Å². The van der Waals surface area contributed by atoms with E-state index < -0.39 is 4.92 Å². The first-order valence-electron chi connectivity index (χ1n) is 5.87. The summed E-state index contributed by atoms with van der Waals surface area (Å²) in [5.41, 5.74) is 1.50. The summed E-state index contributed by atoms with van der Waals surface area (Å²) in [5, 5.41) is 13.7. The zero-order chi connectivity index (χ0) is 14.5. The van der Waals surface area contributed by atoms with Gasteiger partial charge in [0, 0.05) is 23.9 Å². The van der Waals surface area contributed by atoms with Crippen molar-refractivity contribution in [1.82, 2.24) is 0 Å². The van der Waals surface area contributed by atoms with Crippen LogP contribution in [0.5, 0.6) is 11.5 Å². The molecule has 2 aromatic carbocycles. The van der Waals surface area contributed by atoms with E-state index in [1.807, 2.05) is 0 Å². The van der Waals surface area contributed by atoms with E-state index in [0.29, 0.717) is 11.5 Å². The maximum atomic E-state index is 10.6. The molecule has 0 aliphatic rings. The second kappa shape index (κ2) is 5.92. The molecule has 0 spiro atoms. The molecule has 1 N–H and O–H groups in total. The molecule has 2 rings (SSSR count). The van der Waals surface area contributed by atoms with Gasteiger partial charge in [-0.3, -0.25) is 10.1 Å². The highest BCUT2D eigenvalue weighted by Gasteiger charge is 2.07. The number of methoxy groups -OCH3 is 2. The lowest BCUT2D eigenvalue weighted by Crippen LogP contribution is -1.96. The Morgan fingerprint density at radius 2 is 1.75 bits per heavy atom. The molecule has 104 valence electrons. The fourth-order valence-corrected chi connectivity index (χ4v) is 1.73. The quantitative estimate of drug-likeness (QED) is 0.668. The van der Waals surface area contributed by atoms with Crippen LogP contribution in [-0.4, -0.2) is 19.1 Å². The highest BCUT2D eigenvalue weighted by molar-refractivity contribution is 5.68. The van der Waals surface area contributed by atoms with Gasteiger partial charge in [0.2, 0.25) is 0 Å². The molecule has 6 heteroatoms. The predicted molar refractivity (Wildman–Crippen MR) is 75.9 cm³/mol. The summed E-state index contributed by atoms with van der Waals surface area (Å²) in [6.45, 7) is 0. The summed E-state index contributed by atoms with van der Waals surface area (Å²) in [4.78, 5) is 10.2. The zero-order valence-corrected chi connectivity index (χ0v) is 11.1. The molecule has 0 atom stereocenters. The van der Waals surface area contributed by atoms with Crippen LogP contribution in [0.4, 0.5) is 17.1 Å². The molecule has 0 saturated heterocycles. The van der Waals surface area contributed by atoms with Gasteiger partial charge in [-0.1, -0.05) is 0 Å².